The fourth-order valence-corrected chi connectivity index (χ4v) is 2.79. The van der Waals surface area contributed by atoms with E-state index in [-0.39, 0.29) is 0 Å². The Hall–Kier alpha value is -0.830. The van der Waals surface area contributed by atoms with E-state index >= 15 is 0 Å². The van der Waals surface area contributed by atoms with Crippen LogP contribution in [0.4, 0.5) is 13.2 Å². The van der Waals surface area contributed by atoms with Crippen LogP contribution in [0.1, 0.15) is 22.7 Å². The van der Waals surface area contributed by atoms with Gasteiger partial charge in [-0.25, -0.2) is 5.43 Å². The predicted molar refractivity (Wildman–Crippen MR) is 84.8 cm³/mol. The maximum Gasteiger partial charge on any atom is 0.416 e. The minimum atomic E-state index is -4.35. The van der Waals surface area contributed by atoms with Crippen molar-refractivity contribution in [2.75, 3.05) is 0 Å². The first-order valence-corrected chi connectivity index (χ1v) is 7.37. The van der Waals surface area contributed by atoms with E-state index in [1.807, 2.05) is 6.07 Å². The Balaban J connectivity index is 2.40. The average molecular weight is 427 g/mol. The highest BCUT2D eigenvalue weighted by Crippen LogP contribution is 2.32. The van der Waals surface area contributed by atoms with Crippen LogP contribution in [0.2, 0.25) is 5.02 Å². The molecule has 2 rings (SSSR count). The van der Waals surface area contributed by atoms with Crippen molar-refractivity contribution in [3.8, 4) is 0 Å². The molecule has 21 heavy (non-hydrogen) atoms. The summed E-state index contributed by atoms with van der Waals surface area (Å²) in [6.45, 7) is 0. The molecule has 0 saturated heterocycles. The lowest BCUT2D eigenvalue weighted by Gasteiger charge is -2.19. The first-order valence-electron chi connectivity index (χ1n) is 5.91. The van der Waals surface area contributed by atoms with Crippen LogP contribution in [-0.4, -0.2) is 0 Å². The van der Waals surface area contributed by atoms with Crippen LogP contribution in [0, 0.1) is 3.57 Å². The van der Waals surface area contributed by atoms with Crippen LogP contribution < -0.4 is 11.3 Å². The molecule has 3 N–H and O–H groups in total. The van der Waals surface area contributed by atoms with Gasteiger partial charge in [0.2, 0.25) is 0 Å². The topological polar surface area (TPSA) is 38.0 Å². The summed E-state index contributed by atoms with van der Waals surface area (Å²) in [6, 6.07) is 9.77. The number of benzene rings is 2. The first-order chi connectivity index (χ1) is 9.82. The molecule has 0 aliphatic carbocycles. The Morgan fingerprint density at radius 1 is 1.10 bits per heavy atom. The summed E-state index contributed by atoms with van der Waals surface area (Å²) >= 11 is 8.10. The fourth-order valence-electron chi connectivity index (χ4n) is 1.97. The van der Waals surface area contributed by atoms with Crippen LogP contribution >= 0.6 is 34.2 Å². The highest BCUT2D eigenvalue weighted by atomic mass is 127. The number of hydrogen-bond donors (Lipinski definition) is 2. The van der Waals surface area contributed by atoms with Gasteiger partial charge in [-0.1, -0.05) is 23.7 Å². The van der Waals surface area contributed by atoms with Gasteiger partial charge in [-0.15, -0.1) is 0 Å². The van der Waals surface area contributed by atoms with Gasteiger partial charge in [-0.05, 0) is 64.0 Å². The standard InChI is InChI=1S/C14H11ClF3IN2/c15-10-5-6-12(19)11(7-10)13(21-20)8-1-3-9(4-2-8)14(16,17)18/h1-7,13,21H,20H2. The van der Waals surface area contributed by atoms with Gasteiger partial charge in [-0.2, -0.15) is 13.2 Å². The summed E-state index contributed by atoms with van der Waals surface area (Å²) in [5.74, 6) is 5.56. The number of rotatable bonds is 3. The van der Waals surface area contributed by atoms with Crippen LogP contribution in [0.25, 0.3) is 0 Å². The van der Waals surface area contributed by atoms with Crippen molar-refractivity contribution in [2.45, 2.75) is 12.2 Å². The van der Waals surface area contributed by atoms with Crippen molar-refractivity contribution >= 4 is 34.2 Å². The molecule has 2 aromatic rings. The number of halogens is 5. The summed E-state index contributed by atoms with van der Waals surface area (Å²) < 4.78 is 38.7. The summed E-state index contributed by atoms with van der Waals surface area (Å²) in [5, 5.41) is 0.539. The molecular formula is C14H11ClF3IN2. The second-order valence-corrected chi connectivity index (χ2v) is 5.98. The minimum Gasteiger partial charge on any atom is -0.271 e. The molecule has 0 fully saturated rings. The lowest BCUT2D eigenvalue weighted by Crippen LogP contribution is -2.29. The van der Waals surface area contributed by atoms with E-state index < -0.39 is 17.8 Å². The Morgan fingerprint density at radius 2 is 1.71 bits per heavy atom. The van der Waals surface area contributed by atoms with Crippen molar-refractivity contribution in [1.29, 1.82) is 0 Å². The normalized spacial score (nSPS) is 13.2. The van der Waals surface area contributed by atoms with Crippen molar-refractivity contribution < 1.29 is 13.2 Å². The SMILES string of the molecule is NNC(c1ccc(C(F)(F)F)cc1)c1cc(Cl)ccc1I. The van der Waals surface area contributed by atoms with E-state index in [0.29, 0.717) is 10.6 Å². The van der Waals surface area contributed by atoms with Gasteiger partial charge in [0.1, 0.15) is 0 Å². The molecule has 0 bridgehead atoms. The summed E-state index contributed by atoms with van der Waals surface area (Å²) in [4.78, 5) is 0. The zero-order valence-electron chi connectivity index (χ0n) is 10.6. The average Bonchev–Trinajstić information content (AvgIpc) is 2.43. The highest BCUT2D eigenvalue weighted by Gasteiger charge is 2.30. The Morgan fingerprint density at radius 3 is 2.24 bits per heavy atom. The molecule has 0 aromatic heterocycles. The number of hydrogen-bond acceptors (Lipinski definition) is 2. The second-order valence-electron chi connectivity index (χ2n) is 4.39. The van der Waals surface area contributed by atoms with Crippen LogP contribution in [0.5, 0.6) is 0 Å². The number of nitrogens with one attached hydrogen (secondary N) is 1. The molecule has 7 heteroatoms. The molecule has 0 radical (unpaired) electrons. The van der Waals surface area contributed by atoms with Gasteiger partial charge in [0.05, 0.1) is 11.6 Å². The van der Waals surface area contributed by atoms with Gasteiger partial charge in [0, 0.05) is 8.59 Å². The fraction of sp³-hybridized carbons (Fsp3) is 0.143. The van der Waals surface area contributed by atoms with Gasteiger partial charge in [0.25, 0.3) is 0 Å². The molecule has 0 spiro atoms. The van der Waals surface area contributed by atoms with Gasteiger partial charge in [0.15, 0.2) is 0 Å². The monoisotopic (exact) mass is 426 g/mol. The molecule has 2 nitrogen and oxygen atoms in total. The molecule has 2 aromatic carbocycles. The van der Waals surface area contributed by atoms with Crippen molar-refractivity contribution in [3.05, 3.63) is 67.7 Å². The molecule has 112 valence electrons. The smallest absolute Gasteiger partial charge is 0.271 e. The summed E-state index contributed by atoms with van der Waals surface area (Å²) in [5.41, 5.74) is 3.37. The lowest BCUT2D eigenvalue weighted by molar-refractivity contribution is -0.137. The van der Waals surface area contributed by atoms with E-state index in [4.69, 9.17) is 17.4 Å². The van der Waals surface area contributed by atoms with Crippen molar-refractivity contribution in [3.63, 3.8) is 0 Å². The zero-order chi connectivity index (χ0) is 15.6. The van der Waals surface area contributed by atoms with E-state index in [1.54, 1.807) is 12.1 Å². The van der Waals surface area contributed by atoms with Gasteiger partial charge < -0.3 is 0 Å². The number of nitrogens with two attached hydrogens (primary N) is 1. The molecule has 1 atom stereocenters. The van der Waals surface area contributed by atoms with E-state index in [9.17, 15) is 13.2 Å². The quantitative estimate of drug-likeness (QED) is 0.430. The molecule has 0 aliphatic heterocycles. The van der Waals surface area contributed by atoms with E-state index in [1.165, 1.54) is 12.1 Å². The first kappa shape index (κ1) is 16.5. The maximum atomic E-state index is 12.6. The van der Waals surface area contributed by atoms with Crippen molar-refractivity contribution in [2.24, 2.45) is 5.84 Å². The van der Waals surface area contributed by atoms with E-state index in [2.05, 4.69) is 28.0 Å². The Bertz CT molecular complexity index is 629. The van der Waals surface area contributed by atoms with Crippen LogP contribution in [0.15, 0.2) is 42.5 Å². The third kappa shape index (κ3) is 3.88. The number of alkyl halides is 3. The largest absolute Gasteiger partial charge is 0.416 e. The summed E-state index contributed by atoms with van der Waals surface area (Å²) in [7, 11) is 0. The molecule has 1 unspecified atom stereocenters. The molecule has 0 aliphatic rings. The maximum absolute atomic E-state index is 12.6. The summed E-state index contributed by atoms with van der Waals surface area (Å²) in [6.07, 6.45) is -4.35. The molecular weight excluding hydrogens is 416 g/mol. The van der Waals surface area contributed by atoms with Gasteiger partial charge >= 0.3 is 6.18 Å². The minimum absolute atomic E-state index is 0.433. The molecule has 0 saturated carbocycles. The zero-order valence-corrected chi connectivity index (χ0v) is 13.5. The molecule has 0 heterocycles. The van der Waals surface area contributed by atoms with Crippen molar-refractivity contribution in [1.82, 2.24) is 5.43 Å². The number of hydrazine groups is 1. The third-order valence-corrected chi connectivity index (χ3v) is 4.22. The third-order valence-electron chi connectivity index (χ3n) is 3.01. The Kier molecular flexibility index (Phi) is 5.13. The predicted octanol–water partition coefficient (Wildman–Crippen LogP) is 4.52. The van der Waals surface area contributed by atoms with E-state index in [0.717, 1.165) is 21.3 Å². The van der Waals surface area contributed by atoms with Crippen LogP contribution in [0.3, 0.4) is 0 Å². The second kappa shape index (κ2) is 6.51. The van der Waals surface area contributed by atoms with Gasteiger partial charge in [-0.3, -0.25) is 5.84 Å². The highest BCUT2D eigenvalue weighted by molar-refractivity contribution is 14.1. The van der Waals surface area contributed by atoms with Crippen LogP contribution in [-0.2, 0) is 6.18 Å². The Labute approximate surface area is 138 Å². The lowest BCUT2D eigenvalue weighted by atomic mass is 9.98. The molecule has 0 amide bonds.